The van der Waals surface area contributed by atoms with Crippen LogP contribution < -0.4 is 0 Å². The molecular weight excluding hydrogens is 328 g/mol. The Morgan fingerprint density at radius 3 is 2.35 bits per heavy atom. The van der Waals surface area contributed by atoms with Crippen LogP contribution >= 0.6 is 0 Å². The van der Waals surface area contributed by atoms with Crippen molar-refractivity contribution < 1.29 is 19.2 Å². The standard InChI is InChI=1S/C22H32O4/c1-15-3-5-17(6-4-15)11-18-7-9-19(10-8-18)13-25-26-20-14-24-21-16(2)12-23-22(20)21/h7-10,15-17,20-22H,3-6,11-14H2,1-2H3/t15?,16-,17?,20+,21-,22-/m1/s1. The molecule has 0 aromatic heterocycles. The highest BCUT2D eigenvalue weighted by Gasteiger charge is 2.47. The van der Waals surface area contributed by atoms with E-state index in [-0.39, 0.29) is 18.3 Å². The highest BCUT2D eigenvalue weighted by molar-refractivity contribution is 5.22. The van der Waals surface area contributed by atoms with Gasteiger partial charge in [-0.15, -0.1) is 0 Å². The van der Waals surface area contributed by atoms with Gasteiger partial charge in [0, 0.05) is 5.92 Å². The molecule has 3 aliphatic rings. The Morgan fingerprint density at radius 2 is 1.58 bits per heavy atom. The van der Waals surface area contributed by atoms with E-state index >= 15 is 0 Å². The number of hydrogen-bond acceptors (Lipinski definition) is 4. The largest absolute Gasteiger partial charge is 0.372 e. The topological polar surface area (TPSA) is 36.9 Å². The number of hydrogen-bond donors (Lipinski definition) is 0. The maximum absolute atomic E-state index is 5.77. The van der Waals surface area contributed by atoms with Crippen molar-refractivity contribution in [2.24, 2.45) is 17.8 Å². The first-order chi connectivity index (χ1) is 12.7. The molecule has 144 valence electrons. The third-order valence-electron chi connectivity index (χ3n) is 6.36. The first-order valence-corrected chi connectivity index (χ1v) is 10.3. The van der Waals surface area contributed by atoms with Gasteiger partial charge in [-0.05, 0) is 42.2 Å². The molecule has 2 aliphatic heterocycles. The van der Waals surface area contributed by atoms with Crippen molar-refractivity contribution in [2.45, 2.75) is 70.9 Å². The van der Waals surface area contributed by atoms with Crippen LogP contribution in [0.15, 0.2) is 24.3 Å². The summed E-state index contributed by atoms with van der Waals surface area (Å²) in [5, 5.41) is 0. The average molecular weight is 360 g/mol. The first kappa shape index (κ1) is 18.4. The zero-order valence-corrected chi connectivity index (χ0v) is 16.1. The molecule has 1 saturated carbocycles. The molecule has 1 aliphatic carbocycles. The fourth-order valence-electron chi connectivity index (χ4n) is 4.57. The fraction of sp³-hybridized carbons (Fsp3) is 0.727. The Kier molecular flexibility index (Phi) is 5.94. The van der Waals surface area contributed by atoms with E-state index in [4.69, 9.17) is 19.2 Å². The van der Waals surface area contributed by atoms with Crippen molar-refractivity contribution in [3.63, 3.8) is 0 Å². The highest BCUT2D eigenvalue weighted by atomic mass is 17.2. The summed E-state index contributed by atoms with van der Waals surface area (Å²) < 4.78 is 11.5. The minimum atomic E-state index is -0.113. The lowest BCUT2D eigenvalue weighted by Gasteiger charge is -2.26. The summed E-state index contributed by atoms with van der Waals surface area (Å²) in [6.45, 7) is 6.30. The van der Waals surface area contributed by atoms with E-state index in [1.165, 1.54) is 37.7 Å². The third-order valence-corrected chi connectivity index (χ3v) is 6.36. The second-order valence-electron chi connectivity index (χ2n) is 8.62. The van der Waals surface area contributed by atoms with Crippen molar-refractivity contribution in [3.05, 3.63) is 35.4 Å². The van der Waals surface area contributed by atoms with Crippen LogP contribution in [0, 0.1) is 17.8 Å². The van der Waals surface area contributed by atoms with Gasteiger partial charge in [-0.1, -0.05) is 51.0 Å². The predicted molar refractivity (Wildman–Crippen MR) is 99.6 cm³/mol. The number of benzene rings is 1. The van der Waals surface area contributed by atoms with Gasteiger partial charge in [-0.3, -0.25) is 0 Å². The molecule has 4 nitrogen and oxygen atoms in total. The molecule has 2 heterocycles. The Balaban J connectivity index is 1.20. The summed E-state index contributed by atoms with van der Waals surface area (Å²) >= 11 is 0. The third kappa shape index (κ3) is 4.30. The molecule has 1 aromatic carbocycles. The molecule has 0 spiro atoms. The fourth-order valence-corrected chi connectivity index (χ4v) is 4.57. The van der Waals surface area contributed by atoms with E-state index < -0.39 is 0 Å². The van der Waals surface area contributed by atoms with E-state index in [0.717, 1.165) is 24.0 Å². The Bertz CT molecular complexity index is 564. The molecule has 0 amide bonds. The van der Waals surface area contributed by atoms with E-state index in [2.05, 4.69) is 38.1 Å². The van der Waals surface area contributed by atoms with E-state index in [1.54, 1.807) is 0 Å². The van der Waals surface area contributed by atoms with Crippen LogP contribution in [0.4, 0.5) is 0 Å². The smallest absolute Gasteiger partial charge is 0.145 e. The van der Waals surface area contributed by atoms with Gasteiger partial charge in [0.05, 0.1) is 19.3 Å². The molecule has 3 fully saturated rings. The minimum Gasteiger partial charge on any atom is -0.372 e. The van der Waals surface area contributed by atoms with Crippen molar-refractivity contribution in [3.8, 4) is 0 Å². The molecule has 0 bridgehead atoms. The normalized spacial score (nSPS) is 37.0. The Morgan fingerprint density at radius 1 is 0.885 bits per heavy atom. The zero-order chi connectivity index (χ0) is 17.9. The van der Waals surface area contributed by atoms with Crippen LogP contribution in [0.25, 0.3) is 0 Å². The first-order valence-electron chi connectivity index (χ1n) is 10.3. The van der Waals surface area contributed by atoms with Crippen LogP contribution in [0.2, 0.25) is 0 Å². The quantitative estimate of drug-likeness (QED) is 0.560. The summed E-state index contributed by atoms with van der Waals surface area (Å²) in [4.78, 5) is 11.1. The molecule has 0 radical (unpaired) electrons. The van der Waals surface area contributed by atoms with Crippen LogP contribution in [0.5, 0.6) is 0 Å². The predicted octanol–water partition coefficient (Wildman–Crippen LogP) is 4.31. The minimum absolute atomic E-state index is 0.0191. The van der Waals surface area contributed by atoms with Gasteiger partial charge in [0.2, 0.25) is 0 Å². The maximum atomic E-state index is 5.77. The number of ether oxygens (including phenoxy) is 2. The summed E-state index contributed by atoms with van der Waals surface area (Å²) in [5.74, 6) is 2.22. The van der Waals surface area contributed by atoms with Gasteiger partial charge in [0.1, 0.15) is 18.8 Å². The molecule has 4 heteroatoms. The maximum Gasteiger partial charge on any atom is 0.145 e. The molecule has 2 saturated heterocycles. The summed E-state index contributed by atoms with van der Waals surface area (Å²) in [6.07, 6.45) is 6.82. The van der Waals surface area contributed by atoms with Gasteiger partial charge < -0.3 is 9.47 Å². The van der Waals surface area contributed by atoms with E-state index in [1.807, 2.05) is 0 Å². The summed E-state index contributed by atoms with van der Waals surface area (Å²) in [7, 11) is 0. The summed E-state index contributed by atoms with van der Waals surface area (Å²) in [5.41, 5.74) is 2.58. The highest BCUT2D eigenvalue weighted by Crippen LogP contribution is 2.33. The van der Waals surface area contributed by atoms with Crippen LogP contribution in [0.1, 0.15) is 50.7 Å². The molecule has 26 heavy (non-hydrogen) atoms. The molecule has 4 atom stereocenters. The van der Waals surface area contributed by atoms with Crippen molar-refractivity contribution in [2.75, 3.05) is 13.2 Å². The Labute approximate surface area is 157 Å². The van der Waals surface area contributed by atoms with Crippen molar-refractivity contribution in [1.82, 2.24) is 0 Å². The summed E-state index contributed by atoms with van der Waals surface area (Å²) in [6, 6.07) is 8.80. The van der Waals surface area contributed by atoms with Crippen LogP contribution in [0.3, 0.4) is 0 Å². The lowest BCUT2D eigenvalue weighted by Crippen LogP contribution is -2.31. The van der Waals surface area contributed by atoms with Crippen molar-refractivity contribution in [1.29, 1.82) is 0 Å². The lowest BCUT2D eigenvalue weighted by atomic mass is 9.80. The molecule has 4 rings (SSSR count). The average Bonchev–Trinajstić information content (AvgIpc) is 3.22. The van der Waals surface area contributed by atoms with Crippen molar-refractivity contribution >= 4 is 0 Å². The van der Waals surface area contributed by atoms with Gasteiger partial charge in [-0.25, -0.2) is 9.78 Å². The SMILES string of the molecule is CC1CCC(Cc2ccc(COO[C@H]3CO[C@H]4[C@@H]3OC[C@H]4C)cc2)CC1. The van der Waals surface area contributed by atoms with Gasteiger partial charge in [0.25, 0.3) is 0 Å². The van der Waals surface area contributed by atoms with Gasteiger partial charge in [0.15, 0.2) is 0 Å². The zero-order valence-electron chi connectivity index (χ0n) is 16.1. The molecule has 0 unspecified atom stereocenters. The van der Waals surface area contributed by atoms with Gasteiger partial charge in [-0.2, -0.15) is 0 Å². The van der Waals surface area contributed by atoms with Crippen LogP contribution in [-0.2, 0) is 32.3 Å². The van der Waals surface area contributed by atoms with E-state index in [9.17, 15) is 0 Å². The lowest BCUT2D eigenvalue weighted by molar-refractivity contribution is -0.341. The second-order valence-corrected chi connectivity index (χ2v) is 8.62. The molecule has 0 N–H and O–H groups in total. The van der Waals surface area contributed by atoms with Crippen LogP contribution in [-0.4, -0.2) is 31.5 Å². The Hall–Kier alpha value is -0.940. The number of fused-ring (bicyclic) bond motifs is 1. The molecule has 1 aromatic rings. The van der Waals surface area contributed by atoms with Gasteiger partial charge >= 0.3 is 0 Å². The second kappa shape index (κ2) is 8.39. The van der Waals surface area contributed by atoms with E-state index in [0.29, 0.717) is 19.1 Å². The molecular formula is C22H32O4. The monoisotopic (exact) mass is 360 g/mol. The number of rotatable bonds is 6.